The van der Waals surface area contributed by atoms with E-state index in [1.165, 1.54) is 23.3 Å². The summed E-state index contributed by atoms with van der Waals surface area (Å²) in [5.41, 5.74) is 8.38. The molecule has 0 unspecified atom stereocenters. The number of nitrogens with one attached hydrogen (secondary N) is 1. The van der Waals surface area contributed by atoms with E-state index in [0.717, 1.165) is 29.5 Å². The van der Waals surface area contributed by atoms with Gasteiger partial charge in [0.1, 0.15) is 16.4 Å². The van der Waals surface area contributed by atoms with Crippen molar-refractivity contribution >= 4 is 44.9 Å². The van der Waals surface area contributed by atoms with Crippen LogP contribution in [-0.2, 0) is 29.0 Å². The van der Waals surface area contributed by atoms with Crippen molar-refractivity contribution in [3.05, 3.63) is 40.0 Å². The standard InChI is InChI=1S/C21H20N4O4S/c22-19-18-12-4-2-1-3-5-15(12)30-20(18)25-16(24-19)9-29-21(27)11-6-7-13-14(8-11)28-10-17(26)23-13/h6-8H,1-5,9-10H2,(H,23,26)(H2,22,24,25). The third kappa shape index (κ3) is 3.45. The first-order chi connectivity index (χ1) is 14.6. The average molecular weight is 424 g/mol. The van der Waals surface area contributed by atoms with Gasteiger partial charge in [0.25, 0.3) is 5.91 Å². The Morgan fingerprint density at radius 3 is 3.00 bits per heavy atom. The van der Waals surface area contributed by atoms with Crippen molar-refractivity contribution in [2.45, 2.75) is 38.7 Å². The quantitative estimate of drug-likeness (QED) is 0.490. The zero-order valence-corrected chi connectivity index (χ0v) is 17.0. The Kier molecular flexibility index (Phi) is 4.74. The van der Waals surface area contributed by atoms with Gasteiger partial charge in [0.05, 0.1) is 16.6 Å². The molecule has 2 aromatic heterocycles. The van der Waals surface area contributed by atoms with Crippen molar-refractivity contribution in [3.8, 4) is 5.75 Å². The largest absolute Gasteiger partial charge is 0.482 e. The molecule has 3 heterocycles. The molecule has 8 nitrogen and oxygen atoms in total. The molecule has 3 aromatic rings. The molecule has 0 saturated carbocycles. The van der Waals surface area contributed by atoms with Crippen molar-refractivity contribution in [2.75, 3.05) is 17.7 Å². The second kappa shape index (κ2) is 7.56. The summed E-state index contributed by atoms with van der Waals surface area (Å²) in [4.78, 5) is 35.0. The number of carbonyl (C=O) groups excluding carboxylic acids is 2. The van der Waals surface area contributed by atoms with Crippen LogP contribution in [0.1, 0.15) is 45.9 Å². The highest BCUT2D eigenvalue weighted by Gasteiger charge is 2.21. The lowest BCUT2D eigenvalue weighted by Crippen LogP contribution is -2.25. The fraction of sp³-hybridized carbons (Fsp3) is 0.333. The summed E-state index contributed by atoms with van der Waals surface area (Å²) in [6.45, 7) is -0.153. The van der Waals surface area contributed by atoms with Gasteiger partial charge in [-0.15, -0.1) is 11.3 Å². The van der Waals surface area contributed by atoms with Crippen LogP contribution >= 0.6 is 11.3 Å². The first-order valence-electron chi connectivity index (χ1n) is 9.89. The molecule has 0 bridgehead atoms. The van der Waals surface area contributed by atoms with Crippen molar-refractivity contribution in [1.29, 1.82) is 0 Å². The van der Waals surface area contributed by atoms with Gasteiger partial charge in [0.2, 0.25) is 0 Å². The minimum absolute atomic E-state index is 0.0732. The van der Waals surface area contributed by atoms with Crippen LogP contribution in [0.3, 0.4) is 0 Å². The number of amides is 1. The van der Waals surface area contributed by atoms with Gasteiger partial charge < -0.3 is 20.5 Å². The Morgan fingerprint density at radius 1 is 1.23 bits per heavy atom. The molecule has 1 aliphatic carbocycles. The summed E-state index contributed by atoms with van der Waals surface area (Å²) < 4.78 is 10.7. The van der Waals surface area contributed by atoms with Gasteiger partial charge in [0, 0.05) is 4.88 Å². The van der Waals surface area contributed by atoms with Crippen LogP contribution in [0.5, 0.6) is 5.75 Å². The van der Waals surface area contributed by atoms with Crippen molar-refractivity contribution in [1.82, 2.24) is 9.97 Å². The number of esters is 1. The van der Waals surface area contributed by atoms with E-state index in [9.17, 15) is 9.59 Å². The maximum atomic E-state index is 12.5. The van der Waals surface area contributed by atoms with E-state index in [1.807, 2.05) is 0 Å². The van der Waals surface area contributed by atoms with E-state index in [4.69, 9.17) is 15.2 Å². The maximum absolute atomic E-state index is 12.5. The monoisotopic (exact) mass is 424 g/mol. The second-order valence-electron chi connectivity index (χ2n) is 7.39. The van der Waals surface area contributed by atoms with Crippen LogP contribution in [0.25, 0.3) is 10.2 Å². The van der Waals surface area contributed by atoms with Crippen LogP contribution in [-0.4, -0.2) is 28.5 Å². The number of nitrogens with two attached hydrogens (primary N) is 1. The Labute approximate surface area is 176 Å². The van der Waals surface area contributed by atoms with Crippen LogP contribution in [0.4, 0.5) is 11.5 Å². The van der Waals surface area contributed by atoms with Gasteiger partial charge in [0.15, 0.2) is 19.0 Å². The second-order valence-corrected chi connectivity index (χ2v) is 8.48. The summed E-state index contributed by atoms with van der Waals surface area (Å²) in [5, 5.41) is 3.64. The van der Waals surface area contributed by atoms with E-state index < -0.39 is 5.97 Å². The third-order valence-electron chi connectivity index (χ3n) is 5.32. The Balaban J connectivity index is 1.34. The number of rotatable bonds is 3. The molecule has 0 atom stereocenters. The minimum atomic E-state index is -0.525. The molecular formula is C21H20N4O4S. The highest BCUT2D eigenvalue weighted by molar-refractivity contribution is 7.19. The number of aryl methyl sites for hydroxylation is 2. The first-order valence-corrected chi connectivity index (χ1v) is 10.7. The molecule has 2 aliphatic rings. The Bertz CT molecular complexity index is 1170. The summed E-state index contributed by atoms with van der Waals surface area (Å²) in [7, 11) is 0. The number of hydrogen-bond acceptors (Lipinski definition) is 8. The lowest BCUT2D eigenvalue weighted by molar-refractivity contribution is -0.118. The van der Waals surface area contributed by atoms with E-state index in [1.54, 1.807) is 29.5 Å². The van der Waals surface area contributed by atoms with E-state index in [0.29, 0.717) is 28.6 Å². The molecule has 1 aliphatic heterocycles. The topological polar surface area (TPSA) is 116 Å². The normalized spacial score (nSPS) is 15.5. The van der Waals surface area contributed by atoms with E-state index in [-0.39, 0.29) is 19.1 Å². The fourth-order valence-corrected chi connectivity index (χ4v) is 5.18. The van der Waals surface area contributed by atoms with Gasteiger partial charge in [-0.1, -0.05) is 6.42 Å². The molecule has 0 fully saturated rings. The van der Waals surface area contributed by atoms with Gasteiger partial charge in [-0.25, -0.2) is 14.8 Å². The average Bonchev–Trinajstić information content (AvgIpc) is 2.93. The molecule has 5 rings (SSSR count). The lowest BCUT2D eigenvalue weighted by Gasteiger charge is -2.18. The molecule has 0 saturated heterocycles. The summed E-state index contributed by atoms with van der Waals surface area (Å²) in [5.74, 6) is 0.511. The summed E-state index contributed by atoms with van der Waals surface area (Å²) >= 11 is 1.67. The number of carbonyl (C=O) groups is 2. The number of nitrogens with zero attached hydrogens (tertiary/aromatic N) is 2. The number of aromatic nitrogens is 2. The van der Waals surface area contributed by atoms with Gasteiger partial charge >= 0.3 is 5.97 Å². The molecule has 3 N–H and O–H groups in total. The number of thiophene rings is 1. The smallest absolute Gasteiger partial charge is 0.338 e. The SMILES string of the molecule is Nc1nc(COC(=O)c2ccc3c(c2)OCC(=O)N3)nc2sc3c(c12)CCCCC3. The van der Waals surface area contributed by atoms with E-state index >= 15 is 0 Å². The molecule has 0 radical (unpaired) electrons. The third-order valence-corrected chi connectivity index (χ3v) is 6.51. The van der Waals surface area contributed by atoms with Crippen molar-refractivity contribution in [3.63, 3.8) is 0 Å². The lowest BCUT2D eigenvalue weighted by atomic mass is 10.1. The summed E-state index contributed by atoms with van der Waals surface area (Å²) in [6.07, 6.45) is 5.65. The van der Waals surface area contributed by atoms with Gasteiger partial charge in [-0.05, 0) is 49.4 Å². The molecule has 30 heavy (non-hydrogen) atoms. The van der Waals surface area contributed by atoms with E-state index in [2.05, 4.69) is 15.3 Å². The minimum Gasteiger partial charge on any atom is -0.482 e. The number of hydrogen-bond donors (Lipinski definition) is 2. The summed E-state index contributed by atoms with van der Waals surface area (Å²) in [6, 6.07) is 4.74. The van der Waals surface area contributed by atoms with Crippen LogP contribution in [0, 0.1) is 0 Å². The van der Waals surface area contributed by atoms with Crippen LogP contribution < -0.4 is 15.8 Å². The predicted octanol–water partition coefficient (Wildman–Crippen LogP) is 3.23. The molecule has 154 valence electrons. The van der Waals surface area contributed by atoms with Crippen molar-refractivity contribution < 1.29 is 19.1 Å². The zero-order chi connectivity index (χ0) is 20.7. The number of benzene rings is 1. The van der Waals surface area contributed by atoms with Crippen LogP contribution in [0.15, 0.2) is 18.2 Å². The van der Waals surface area contributed by atoms with Gasteiger partial charge in [-0.2, -0.15) is 0 Å². The maximum Gasteiger partial charge on any atom is 0.338 e. The molecule has 0 spiro atoms. The van der Waals surface area contributed by atoms with Crippen molar-refractivity contribution in [2.24, 2.45) is 0 Å². The zero-order valence-electron chi connectivity index (χ0n) is 16.2. The number of fused-ring (bicyclic) bond motifs is 4. The number of ether oxygens (including phenoxy) is 2. The Hall–Kier alpha value is -3.20. The molecule has 9 heteroatoms. The fourth-order valence-electron chi connectivity index (χ4n) is 3.89. The molecular weight excluding hydrogens is 404 g/mol. The van der Waals surface area contributed by atoms with Gasteiger partial charge in [-0.3, -0.25) is 4.79 Å². The molecule has 1 amide bonds. The van der Waals surface area contributed by atoms with Crippen LogP contribution in [0.2, 0.25) is 0 Å². The Morgan fingerprint density at radius 2 is 2.10 bits per heavy atom. The highest BCUT2D eigenvalue weighted by atomic mass is 32.1. The first kappa shape index (κ1) is 18.8. The number of anilines is 2. The highest BCUT2D eigenvalue weighted by Crippen LogP contribution is 2.37. The number of nitrogen functional groups attached to an aromatic ring is 1. The molecule has 1 aromatic carbocycles. The predicted molar refractivity (Wildman–Crippen MR) is 113 cm³/mol.